The van der Waals surface area contributed by atoms with Crippen LogP contribution in [0.5, 0.6) is 5.75 Å². The van der Waals surface area contributed by atoms with E-state index in [1.165, 1.54) is 0 Å². The van der Waals surface area contributed by atoms with Crippen LogP contribution in [-0.4, -0.2) is 43.3 Å². The number of rotatable bonds is 4. The van der Waals surface area contributed by atoms with Crippen LogP contribution in [0.4, 0.5) is 0 Å². The molecule has 1 fully saturated rings. The van der Waals surface area contributed by atoms with Gasteiger partial charge in [0.2, 0.25) is 0 Å². The Morgan fingerprint density at radius 1 is 1.47 bits per heavy atom. The maximum atomic E-state index is 11.9. The van der Waals surface area contributed by atoms with Crippen molar-refractivity contribution in [1.82, 2.24) is 10.4 Å². The molecular formula is C13H17ClN2O3. The van der Waals surface area contributed by atoms with Gasteiger partial charge in [-0.3, -0.25) is 10.2 Å². The average molecular weight is 285 g/mol. The standard InChI is InChI=1S/C13H17ClN2O3/c1-10(19-12-4-2-3-11(14)9-12)13(17)15-16-5-7-18-8-6-16/h2-4,9-10H,5-8H2,1H3,(H,15,17). The van der Waals surface area contributed by atoms with Crippen molar-refractivity contribution < 1.29 is 14.3 Å². The zero-order chi connectivity index (χ0) is 13.7. The lowest BCUT2D eigenvalue weighted by atomic mass is 10.3. The minimum atomic E-state index is -0.582. The summed E-state index contributed by atoms with van der Waals surface area (Å²) in [7, 11) is 0. The van der Waals surface area contributed by atoms with E-state index in [9.17, 15) is 4.79 Å². The molecule has 104 valence electrons. The first-order valence-corrected chi connectivity index (χ1v) is 6.58. The first kappa shape index (κ1) is 14.1. The number of carbonyl (C=O) groups excluding carboxylic acids is 1. The molecule has 1 aromatic rings. The SMILES string of the molecule is CC(Oc1cccc(Cl)c1)C(=O)NN1CCOCC1. The van der Waals surface area contributed by atoms with Crippen LogP contribution in [0.3, 0.4) is 0 Å². The summed E-state index contributed by atoms with van der Waals surface area (Å²) in [4.78, 5) is 11.9. The van der Waals surface area contributed by atoms with Gasteiger partial charge in [0.25, 0.3) is 5.91 Å². The van der Waals surface area contributed by atoms with Gasteiger partial charge in [0, 0.05) is 18.1 Å². The smallest absolute Gasteiger partial charge is 0.275 e. The quantitative estimate of drug-likeness (QED) is 0.910. The van der Waals surface area contributed by atoms with Crippen LogP contribution in [0.1, 0.15) is 6.92 Å². The molecule has 0 aromatic heterocycles. The summed E-state index contributed by atoms with van der Waals surface area (Å²) in [5.41, 5.74) is 2.81. The highest BCUT2D eigenvalue weighted by Crippen LogP contribution is 2.18. The number of amides is 1. The largest absolute Gasteiger partial charge is 0.481 e. The van der Waals surface area contributed by atoms with Crippen molar-refractivity contribution in [2.24, 2.45) is 0 Å². The highest BCUT2D eigenvalue weighted by Gasteiger charge is 2.19. The Morgan fingerprint density at radius 3 is 2.89 bits per heavy atom. The maximum Gasteiger partial charge on any atom is 0.275 e. The Bertz CT molecular complexity index is 436. The molecule has 6 heteroatoms. The second-order valence-corrected chi connectivity index (χ2v) is 4.73. The third-order valence-electron chi connectivity index (χ3n) is 2.76. The fraction of sp³-hybridized carbons (Fsp3) is 0.462. The fourth-order valence-electron chi connectivity index (χ4n) is 1.72. The lowest BCUT2D eigenvalue weighted by molar-refractivity contribution is -0.134. The van der Waals surface area contributed by atoms with Crippen LogP contribution in [0.2, 0.25) is 5.02 Å². The molecule has 1 amide bonds. The van der Waals surface area contributed by atoms with Crippen LogP contribution in [0, 0.1) is 0 Å². The van der Waals surface area contributed by atoms with Crippen LogP contribution in [0.15, 0.2) is 24.3 Å². The molecule has 0 bridgehead atoms. The normalized spacial score (nSPS) is 17.8. The van der Waals surface area contributed by atoms with Crippen LogP contribution >= 0.6 is 11.6 Å². The topological polar surface area (TPSA) is 50.8 Å². The van der Waals surface area contributed by atoms with E-state index in [0.29, 0.717) is 37.1 Å². The number of carbonyl (C=O) groups is 1. The molecule has 1 aliphatic rings. The van der Waals surface area contributed by atoms with Crippen molar-refractivity contribution >= 4 is 17.5 Å². The number of morpholine rings is 1. The van der Waals surface area contributed by atoms with Gasteiger partial charge in [-0.05, 0) is 25.1 Å². The van der Waals surface area contributed by atoms with Gasteiger partial charge in [0.15, 0.2) is 6.10 Å². The molecule has 0 spiro atoms. The summed E-state index contributed by atoms with van der Waals surface area (Å²) in [5, 5.41) is 2.42. The lowest BCUT2D eigenvalue weighted by Crippen LogP contribution is -2.51. The third kappa shape index (κ3) is 4.38. The van der Waals surface area contributed by atoms with E-state index in [1.807, 2.05) is 5.01 Å². The highest BCUT2D eigenvalue weighted by atomic mass is 35.5. The van der Waals surface area contributed by atoms with Crippen LogP contribution in [0.25, 0.3) is 0 Å². The number of nitrogens with one attached hydrogen (secondary N) is 1. The predicted molar refractivity (Wildman–Crippen MR) is 72.1 cm³/mol. The van der Waals surface area contributed by atoms with Gasteiger partial charge in [-0.15, -0.1) is 0 Å². The van der Waals surface area contributed by atoms with Crippen LogP contribution < -0.4 is 10.2 Å². The number of ether oxygens (including phenoxy) is 2. The molecule has 0 radical (unpaired) electrons. The molecule has 0 saturated carbocycles. The molecule has 2 rings (SSSR count). The molecule has 5 nitrogen and oxygen atoms in total. The van der Waals surface area contributed by atoms with E-state index < -0.39 is 6.10 Å². The van der Waals surface area contributed by atoms with Crippen LogP contribution in [-0.2, 0) is 9.53 Å². The molecule has 1 saturated heterocycles. The summed E-state index contributed by atoms with van der Waals surface area (Å²) in [6.07, 6.45) is -0.582. The van der Waals surface area contributed by atoms with Crippen molar-refractivity contribution in [3.05, 3.63) is 29.3 Å². The number of hydrogen-bond acceptors (Lipinski definition) is 4. The van der Waals surface area contributed by atoms with Crippen molar-refractivity contribution in [1.29, 1.82) is 0 Å². The van der Waals surface area contributed by atoms with Crippen molar-refractivity contribution in [3.8, 4) is 5.75 Å². The summed E-state index contributed by atoms with van der Waals surface area (Å²) in [6.45, 7) is 4.34. The maximum absolute atomic E-state index is 11.9. The Balaban J connectivity index is 1.84. The molecule has 1 aliphatic heterocycles. The molecular weight excluding hydrogens is 268 g/mol. The van der Waals surface area contributed by atoms with Crippen molar-refractivity contribution in [2.45, 2.75) is 13.0 Å². The Hall–Kier alpha value is -1.30. The zero-order valence-corrected chi connectivity index (χ0v) is 11.5. The fourth-order valence-corrected chi connectivity index (χ4v) is 1.90. The average Bonchev–Trinajstić information content (AvgIpc) is 2.40. The van der Waals surface area contributed by atoms with E-state index in [-0.39, 0.29) is 5.91 Å². The second-order valence-electron chi connectivity index (χ2n) is 4.29. The third-order valence-corrected chi connectivity index (χ3v) is 2.99. The van der Waals surface area contributed by atoms with E-state index in [4.69, 9.17) is 21.1 Å². The number of benzene rings is 1. The molecule has 0 aliphatic carbocycles. The molecule has 1 heterocycles. The first-order valence-electron chi connectivity index (χ1n) is 6.20. The first-order chi connectivity index (χ1) is 9.15. The lowest BCUT2D eigenvalue weighted by Gasteiger charge is -2.28. The van der Waals surface area contributed by atoms with Gasteiger partial charge in [0.1, 0.15) is 5.75 Å². The van der Waals surface area contributed by atoms with Crippen molar-refractivity contribution in [2.75, 3.05) is 26.3 Å². The van der Waals surface area contributed by atoms with Gasteiger partial charge in [0.05, 0.1) is 13.2 Å². The second kappa shape index (κ2) is 6.75. The van der Waals surface area contributed by atoms with Gasteiger partial charge in [-0.25, -0.2) is 5.01 Å². The summed E-state index contributed by atoms with van der Waals surface area (Å²) < 4.78 is 10.8. The minimum absolute atomic E-state index is 0.179. The minimum Gasteiger partial charge on any atom is -0.481 e. The molecule has 1 N–H and O–H groups in total. The van der Waals surface area contributed by atoms with Gasteiger partial charge >= 0.3 is 0 Å². The molecule has 1 atom stereocenters. The predicted octanol–water partition coefficient (Wildman–Crippen LogP) is 1.47. The van der Waals surface area contributed by atoms with E-state index in [2.05, 4.69) is 5.43 Å². The Morgan fingerprint density at radius 2 is 2.21 bits per heavy atom. The van der Waals surface area contributed by atoms with E-state index in [0.717, 1.165) is 0 Å². The van der Waals surface area contributed by atoms with Gasteiger partial charge < -0.3 is 9.47 Å². The summed E-state index contributed by atoms with van der Waals surface area (Å²) >= 11 is 5.86. The highest BCUT2D eigenvalue weighted by molar-refractivity contribution is 6.30. The summed E-state index contributed by atoms with van der Waals surface area (Å²) in [5.74, 6) is 0.402. The molecule has 1 aromatic carbocycles. The Labute approximate surface area is 117 Å². The van der Waals surface area contributed by atoms with Gasteiger partial charge in [-0.2, -0.15) is 0 Å². The number of hydrogen-bond donors (Lipinski definition) is 1. The monoisotopic (exact) mass is 284 g/mol. The van der Waals surface area contributed by atoms with E-state index in [1.54, 1.807) is 31.2 Å². The molecule has 1 unspecified atom stereocenters. The Kier molecular flexibility index (Phi) is 5.01. The number of nitrogens with zero attached hydrogens (tertiary/aromatic N) is 1. The van der Waals surface area contributed by atoms with E-state index >= 15 is 0 Å². The zero-order valence-electron chi connectivity index (χ0n) is 10.8. The van der Waals surface area contributed by atoms with Gasteiger partial charge in [-0.1, -0.05) is 17.7 Å². The van der Waals surface area contributed by atoms with Crippen molar-refractivity contribution in [3.63, 3.8) is 0 Å². The summed E-state index contributed by atoms with van der Waals surface area (Å²) in [6, 6.07) is 6.99. The molecule has 19 heavy (non-hydrogen) atoms. The number of hydrazine groups is 1. The number of halogens is 1.